The van der Waals surface area contributed by atoms with Gasteiger partial charge in [-0.3, -0.25) is 18.1 Å². The molecule has 3 aliphatic rings. The van der Waals surface area contributed by atoms with Crippen molar-refractivity contribution in [2.24, 2.45) is 0 Å². The molecule has 0 spiro atoms. The molecular formula is C81H115ClN10O18P2. The number of aliphatic hydroxyl groups is 2. The highest BCUT2D eigenvalue weighted by atomic mass is 35.5. The largest absolute Gasteiger partial charge is 0.530 e. The first-order chi connectivity index (χ1) is 54.3. The molecule has 0 saturated carbocycles. The fraction of sp³-hybridized carbons (Fsp3) is 0.605. The van der Waals surface area contributed by atoms with E-state index < -0.39 is 88.1 Å². The van der Waals surface area contributed by atoms with E-state index in [0.29, 0.717) is 43.2 Å². The van der Waals surface area contributed by atoms with E-state index in [1.807, 2.05) is 66.7 Å². The molecule has 0 bridgehead atoms. The first-order valence-electron chi connectivity index (χ1n) is 39.8. The van der Waals surface area contributed by atoms with Gasteiger partial charge in [-0.25, -0.2) is 28.1 Å². The Balaban J connectivity index is 0.000000262. The summed E-state index contributed by atoms with van der Waals surface area (Å²) in [5.41, 5.74) is 11.5. The maximum Gasteiger partial charge on any atom is 0.530 e. The second-order valence-electron chi connectivity index (χ2n) is 29.2. The van der Waals surface area contributed by atoms with Crippen molar-refractivity contribution in [3.63, 3.8) is 0 Å². The molecule has 31 heteroatoms. The van der Waals surface area contributed by atoms with Crippen LogP contribution in [0.5, 0.6) is 5.75 Å². The molecule has 614 valence electrons. The van der Waals surface area contributed by atoms with E-state index in [9.17, 15) is 34.8 Å². The van der Waals surface area contributed by atoms with Crippen molar-refractivity contribution >= 4 is 49.9 Å². The number of benzene rings is 3. The van der Waals surface area contributed by atoms with Gasteiger partial charge in [-0.15, -0.1) is 0 Å². The van der Waals surface area contributed by atoms with Gasteiger partial charge < -0.3 is 69.0 Å². The minimum Gasteiger partial charge on any atom is -0.402 e. The molecule has 2 unspecified atom stereocenters. The summed E-state index contributed by atoms with van der Waals surface area (Å²) < 4.78 is 108. The average molecular weight is 1610 g/mol. The number of phosphoric acid groups is 2. The molecule has 3 fully saturated rings. The fourth-order valence-corrected chi connectivity index (χ4v) is 16.2. The first kappa shape index (κ1) is 89.4. The molecule has 0 amide bonds. The van der Waals surface area contributed by atoms with Crippen molar-refractivity contribution in [3.8, 4) is 17.9 Å². The van der Waals surface area contributed by atoms with Crippen LogP contribution in [0.3, 0.4) is 0 Å². The van der Waals surface area contributed by atoms with Crippen molar-refractivity contribution in [2.45, 2.75) is 261 Å². The topological polar surface area (TPSA) is 375 Å². The molecule has 3 aromatic carbocycles. The van der Waals surface area contributed by atoms with Gasteiger partial charge in [0, 0.05) is 13.2 Å². The van der Waals surface area contributed by atoms with Crippen LogP contribution in [0, 0.1) is 22.7 Å². The Labute approximate surface area is 663 Å². The Kier molecular flexibility index (Phi) is 36.4. The Morgan fingerprint density at radius 1 is 0.536 bits per heavy atom. The van der Waals surface area contributed by atoms with Crippen molar-refractivity contribution in [3.05, 3.63) is 149 Å². The highest BCUT2D eigenvalue weighted by Crippen LogP contribution is 2.55. The third-order valence-electron chi connectivity index (χ3n) is 20.0. The molecule has 3 aliphatic heterocycles. The summed E-state index contributed by atoms with van der Waals surface area (Å²) >= 11 is 6.47. The summed E-state index contributed by atoms with van der Waals surface area (Å²) in [6.07, 6.45) is 23.2. The number of nitriles is 2. The maximum absolute atomic E-state index is 14.7. The van der Waals surface area contributed by atoms with Crippen LogP contribution in [0.4, 0.5) is 11.6 Å². The van der Waals surface area contributed by atoms with Crippen molar-refractivity contribution in [2.75, 3.05) is 64.3 Å². The third kappa shape index (κ3) is 26.2. The number of aromatic nitrogens is 6. The molecule has 0 aliphatic carbocycles. The number of nitrogens with zero attached hydrogens (tertiary/aromatic N) is 8. The normalized spacial score (nSPS) is 22.2. The van der Waals surface area contributed by atoms with Gasteiger partial charge in [0.05, 0.1) is 69.3 Å². The summed E-state index contributed by atoms with van der Waals surface area (Å²) in [5.74, 6) is -0.634. The summed E-state index contributed by atoms with van der Waals surface area (Å²) in [6.45, 7) is 8.36. The molecule has 28 nitrogen and oxygen atoms in total. The molecule has 7 heterocycles. The van der Waals surface area contributed by atoms with Gasteiger partial charge in [0.1, 0.15) is 90.4 Å². The number of unbranched alkanes of at least 4 members (excludes halogenated alkanes) is 22. The van der Waals surface area contributed by atoms with Gasteiger partial charge in [0.25, 0.3) is 0 Å². The first-order valence-corrected chi connectivity index (χ1v) is 43.1. The lowest BCUT2D eigenvalue weighted by Crippen LogP contribution is -2.41. The van der Waals surface area contributed by atoms with Gasteiger partial charge in [-0.2, -0.15) is 20.7 Å². The Morgan fingerprint density at radius 3 is 1.46 bits per heavy atom. The van der Waals surface area contributed by atoms with Crippen LogP contribution in [-0.4, -0.2) is 152 Å². The van der Waals surface area contributed by atoms with Crippen LogP contribution >= 0.6 is 27.2 Å². The van der Waals surface area contributed by atoms with Crippen LogP contribution in [0.15, 0.2) is 122 Å². The Morgan fingerprint density at radius 2 is 0.973 bits per heavy atom. The molecule has 112 heavy (non-hydrogen) atoms. The summed E-state index contributed by atoms with van der Waals surface area (Å²) in [4.78, 5) is 18.5. The zero-order valence-corrected chi connectivity index (χ0v) is 67.7. The number of hydrogen-bond donors (Lipinski definition) is 5. The predicted octanol–water partition coefficient (Wildman–Crippen LogP) is 15.7. The molecule has 7 aromatic rings. The highest BCUT2D eigenvalue weighted by molar-refractivity contribution is 7.49. The van der Waals surface area contributed by atoms with Crippen molar-refractivity contribution in [1.29, 1.82) is 10.5 Å². The summed E-state index contributed by atoms with van der Waals surface area (Å²) in [6, 6.07) is 36.7. The van der Waals surface area contributed by atoms with Gasteiger partial charge >= 0.3 is 15.6 Å². The fourth-order valence-electron chi connectivity index (χ4n) is 13.9. The standard InChI is InChI=1S/C45H61ClN5O9P.C36H54N5O9P/c1-4-5-6-7-8-9-10-11-12-13-14-20-27-54-35(29-53-28-34-21-16-15-17-22-34)30-55-61(52,60-38-24-19-18-23-36(38)46)56-31-39-41-42(59-44(2,3)58-41)45(32-47,57-39)40-26-25-37-43(48)49-33-50-51(37)40;1-2-3-4-5-6-7-8-9-10-11-12-16-21-47-29(23-46-22-28-17-14-13-15-18-28)24-48-51(44,45)49-25-31-33(42)34(43)36(26-37,50-31)32-20-19-30-35(38)39-27-40-41(30)32/h15-19,21-26,33,35,39,41-42H,4-14,20,27-31H2,1-3H3,(H2,48,49,50);13-15,17-20,27,29,31,33-34,42-43H,2-12,16,21-25H2,1H3,(H,44,45)(H2,38,39,40)/t35-,39-,41-,42-,45+,61?;29-,31-,33-,34-,36+/m11/s1. The number of nitrogens with two attached hydrogens (primary N) is 2. The van der Waals surface area contributed by atoms with Crippen LogP contribution in [-0.2, 0) is 89.5 Å². The second kappa shape index (κ2) is 45.7. The van der Waals surface area contributed by atoms with E-state index >= 15 is 0 Å². The third-order valence-corrected chi connectivity index (χ3v) is 22.6. The number of para-hydroxylation sites is 1. The minimum absolute atomic E-state index is 0.0928. The van der Waals surface area contributed by atoms with Gasteiger partial charge in [0.2, 0.25) is 11.2 Å². The van der Waals surface area contributed by atoms with Gasteiger partial charge in [-0.1, -0.05) is 240 Å². The average Bonchev–Trinajstić information content (AvgIpc) is 1.56. The highest BCUT2D eigenvalue weighted by Gasteiger charge is 2.66. The van der Waals surface area contributed by atoms with E-state index in [1.165, 1.54) is 143 Å². The number of ether oxygens (including phenoxy) is 8. The van der Waals surface area contributed by atoms with Gasteiger partial charge in [-0.05, 0) is 74.2 Å². The number of nitrogen functional groups attached to an aromatic ring is 2. The Hall–Kier alpha value is -6.57. The molecule has 4 aromatic heterocycles. The van der Waals surface area contributed by atoms with Crippen LogP contribution < -0.4 is 16.0 Å². The van der Waals surface area contributed by atoms with Crippen molar-refractivity contribution < 1.29 is 84.8 Å². The van der Waals surface area contributed by atoms with E-state index in [0.717, 1.165) is 49.7 Å². The quantitative estimate of drug-likeness (QED) is 0.0175. The summed E-state index contributed by atoms with van der Waals surface area (Å²) in [7, 11) is -9.18. The number of rotatable bonds is 52. The lowest BCUT2D eigenvalue weighted by Gasteiger charge is -2.29. The van der Waals surface area contributed by atoms with Crippen LogP contribution in [0.25, 0.3) is 11.0 Å². The van der Waals surface area contributed by atoms with E-state index in [4.69, 9.17) is 83.6 Å². The minimum atomic E-state index is -4.70. The van der Waals surface area contributed by atoms with E-state index in [-0.39, 0.29) is 61.1 Å². The number of aliphatic hydroxyl groups excluding tert-OH is 2. The maximum atomic E-state index is 14.7. The zero-order valence-electron chi connectivity index (χ0n) is 65.2. The van der Waals surface area contributed by atoms with Gasteiger partial charge in [0.15, 0.2) is 17.4 Å². The van der Waals surface area contributed by atoms with E-state index in [1.54, 1.807) is 56.3 Å². The molecule has 3 saturated heterocycles. The smallest absolute Gasteiger partial charge is 0.402 e. The van der Waals surface area contributed by atoms with Crippen LogP contribution in [0.1, 0.15) is 204 Å². The monoisotopic (exact) mass is 1610 g/mol. The van der Waals surface area contributed by atoms with E-state index in [2.05, 4.69) is 40.1 Å². The lowest BCUT2D eigenvalue weighted by atomic mass is 9.92. The number of anilines is 2. The van der Waals surface area contributed by atoms with Crippen molar-refractivity contribution in [1.82, 2.24) is 29.2 Å². The number of fused-ring (bicyclic) bond motifs is 3. The molecule has 12 atom stereocenters. The summed E-state index contributed by atoms with van der Waals surface area (Å²) in [5, 5.41) is 51.3. The Bertz CT molecular complexity index is 4100. The predicted molar refractivity (Wildman–Crippen MR) is 422 cm³/mol. The SMILES string of the molecule is CCCCCCCCCCCCCCO[C@H](COCc1ccccc1)COP(=O)(O)OC[C@H]1O[C@@](C#N)(c2ccc3c(N)ncnn23)[C@H](O)[C@@H]1O.CCCCCCCCCCCCCCO[C@H](COCc1ccccc1)COP(=O)(OC[C@H]1O[C@@](C#N)(c2ccc3c(N)ncnn23)[C@@H]2OC(C)(C)O[C@@H]21)Oc1ccccc1Cl. The number of halogens is 1. The lowest BCUT2D eigenvalue weighted by molar-refractivity contribution is -0.204. The second-order valence-corrected chi connectivity index (χ2v) is 32.6. The molecule has 10 rings (SSSR count). The number of phosphoric ester groups is 2. The number of hydrogen-bond acceptors (Lipinski definition) is 25. The molecule has 0 radical (unpaired) electrons. The molecule has 7 N–H and O–H groups in total. The van der Waals surface area contributed by atoms with Crippen LogP contribution in [0.2, 0.25) is 5.02 Å². The molecular weight excluding hydrogens is 1500 g/mol. The zero-order chi connectivity index (χ0) is 79.7.